The zero-order valence-corrected chi connectivity index (χ0v) is 12.6. The zero-order chi connectivity index (χ0) is 14.4. The number of ether oxygens (including phenoxy) is 1. The lowest BCUT2D eigenvalue weighted by molar-refractivity contribution is 0.319. The van der Waals surface area contributed by atoms with Gasteiger partial charge in [0.1, 0.15) is 5.75 Å². The zero-order valence-electron chi connectivity index (χ0n) is 11.8. The summed E-state index contributed by atoms with van der Waals surface area (Å²) in [6, 6.07) is 7.63. The fraction of sp³-hybridized carbons (Fsp3) is 0.312. The van der Waals surface area contributed by atoms with E-state index < -0.39 is 0 Å². The Bertz CT molecular complexity index is 572. The van der Waals surface area contributed by atoms with E-state index in [2.05, 4.69) is 24.1 Å². The molecule has 0 fully saturated rings. The van der Waals surface area contributed by atoms with Gasteiger partial charge in [0, 0.05) is 24.0 Å². The first-order valence-electron chi connectivity index (χ1n) is 6.76. The molecule has 0 bridgehead atoms. The normalized spacial score (nSPS) is 10.3. The second-order valence-electron chi connectivity index (χ2n) is 4.64. The second-order valence-corrected chi connectivity index (χ2v) is 5.08. The van der Waals surface area contributed by atoms with Crippen LogP contribution in [0.25, 0.3) is 0 Å². The molecule has 0 atom stereocenters. The van der Waals surface area contributed by atoms with Gasteiger partial charge in [-0.2, -0.15) is 0 Å². The molecule has 2 aromatic rings. The minimum atomic E-state index is 0.694. The number of rotatable bonds is 6. The van der Waals surface area contributed by atoms with Gasteiger partial charge in [-0.25, -0.2) is 0 Å². The van der Waals surface area contributed by atoms with Gasteiger partial charge in [-0.1, -0.05) is 18.5 Å². The molecule has 1 N–H and O–H groups in total. The minimum Gasteiger partial charge on any atom is -0.491 e. The van der Waals surface area contributed by atoms with Crippen LogP contribution in [-0.2, 0) is 6.54 Å². The molecule has 0 saturated heterocycles. The maximum Gasteiger partial charge on any atom is 0.142 e. The highest BCUT2D eigenvalue weighted by atomic mass is 35.5. The van der Waals surface area contributed by atoms with Crippen LogP contribution < -0.4 is 10.1 Å². The molecule has 0 saturated carbocycles. The van der Waals surface area contributed by atoms with Crippen LogP contribution in [0.5, 0.6) is 5.75 Å². The average Bonchev–Trinajstić information content (AvgIpc) is 2.45. The Morgan fingerprint density at radius 2 is 2.15 bits per heavy atom. The van der Waals surface area contributed by atoms with Gasteiger partial charge in [0.15, 0.2) is 0 Å². The van der Waals surface area contributed by atoms with Crippen molar-refractivity contribution >= 4 is 17.3 Å². The first kappa shape index (κ1) is 14.7. The third kappa shape index (κ3) is 3.87. The minimum absolute atomic E-state index is 0.694. The van der Waals surface area contributed by atoms with Crippen LogP contribution in [0.1, 0.15) is 24.5 Å². The number of aryl methyl sites for hydroxylation is 1. The first-order chi connectivity index (χ1) is 9.70. The highest BCUT2D eigenvalue weighted by Crippen LogP contribution is 2.28. The summed E-state index contributed by atoms with van der Waals surface area (Å²) in [7, 11) is 0. The van der Waals surface area contributed by atoms with E-state index in [1.54, 1.807) is 6.20 Å². The van der Waals surface area contributed by atoms with Crippen LogP contribution >= 0.6 is 11.6 Å². The summed E-state index contributed by atoms with van der Waals surface area (Å²) in [5.74, 6) is 0.831. The predicted molar refractivity (Wildman–Crippen MR) is 83.5 cm³/mol. The van der Waals surface area contributed by atoms with Crippen molar-refractivity contribution in [2.45, 2.75) is 26.8 Å². The van der Waals surface area contributed by atoms with Gasteiger partial charge < -0.3 is 10.1 Å². The molecule has 4 heteroatoms. The predicted octanol–water partition coefficient (Wildman–Crippen LogP) is 4.44. The van der Waals surface area contributed by atoms with Gasteiger partial charge in [0.2, 0.25) is 0 Å². The van der Waals surface area contributed by atoms with Crippen molar-refractivity contribution < 1.29 is 4.74 Å². The van der Waals surface area contributed by atoms with E-state index in [-0.39, 0.29) is 0 Å². The molecule has 3 nitrogen and oxygen atoms in total. The largest absolute Gasteiger partial charge is 0.491 e. The van der Waals surface area contributed by atoms with Gasteiger partial charge in [-0.05, 0) is 48.7 Å². The SMILES string of the molecule is CCCOc1ccc(Cl)cc1NCc1cnccc1C. The van der Waals surface area contributed by atoms with Crippen LogP contribution in [0.15, 0.2) is 36.7 Å². The highest BCUT2D eigenvalue weighted by Gasteiger charge is 2.05. The highest BCUT2D eigenvalue weighted by molar-refractivity contribution is 6.30. The summed E-state index contributed by atoms with van der Waals surface area (Å²) in [5, 5.41) is 4.06. The molecule has 0 aliphatic heterocycles. The van der Waals surface area contributed by atoms with Crippen molar-refractivity contribution in [3.63, 3.8) is 0 Å². The van der Waals surface area contributed by atoms with E-state index >= 15 is 0 Å². The number of anilines is 1. The van der Waals surface area contributed by atoms with Crippen molar-refractivity contribution in [2.75, 3.05) is 11.9 Å². The molecule has 0 unspecified atom stereocenters. The van der Waals surface area contributed by atoms with Gasteiger partial charge in [-0.15, -0.1) is 0 Å². The molecule has 20 heavy (non-hydrogen) atoms. The number of pyridine rings is 1. The summed E-state index contributed by atoms with van der Waals surface area (Å²) in [5.41, 5.74) is 3.29. The topological polar surface area (TPSA) is 34.1 Å². The van der Waals surface area contributed by atoms with E-state index in [0.29, 0.717) is 18.2 Å². The van der Waals surface area contributed by atoms with Crippen LogP contribution in [0.4, 0.5) is 5.69 Å². The third-order valence-electron chi connectivity index (χ3n) is 3.02. The number of nitrogens with zero attached hydrogens (tertiary/aromatic N) is 1. The molecule has 0 amide bonds. The van der Waals surface area contributed by atoms with Crippen molar-refractivity contribution in [1.82, 2.24) is 4.98 Å². The van der Waals surface area contributed by atoms with Crippen LogP contribution in [-0.4, -0.2) is 11.6 Å². The van der Waals surface area contributed by atoms with Crippen molar-refractivity contribution in [3.8, 4) is 5.75 Å². The molecule has 0 spiro atoms. The average molecular weight is 291 g/mol. The lowest BCUT2D eigenvalue weighted by atomic mass is 10.1. The van der Waals surface area contributed by atoms with Crippen LogP contribution in [0, 0.1) is 6.92 Å². The molecule has 106 valence electrons. The Hall–Kier alpha value is -1.74. The third-order valence-corrected chi connectivity index (χ3v) is 3.26. The molecule has 2 rings (SSSR count). The Balaban J connectivity index is 2.11. The lowest BCUT2D eigenvalue weighted by Gasteiger charge is -2.14. The number of aromatic nitrogens is 1. The van der Waals surface area contributed by atoms with Gasteiger partial charge >= 0.3 is 0 Å². The Morgan fingerprint density at radius 1 is 1.30 bits per heavy atom. The summed E-state index contributed by atoms with van der Waals surface area (Å²) in [4.78, 5) is 4.15. The van der Waals surface area contributed by atoms with Gasteiger partial charge in [0.25, 0.3) is 0 Å². The van der Waals surface area contributed by atoms with Crippen molar-refractivity contribution in [2.24, 2.45) is 0 Å². The van der Waals surface area contributed by atoms with E-state index in [0.717, 1.165) is 23.4 Å². The molecule has 0 aliphatic rings. The van der Waals surface area contributed by atoms with Gasteiger partial charge in [0.05, 0.1) is 12.3 Å². The first-order valence-corrected chi connectivity index (χ1v) is 7.14. The molecule has 1 heterocycles. The molecular weight excluding hydrogens is 272 g/mol. The van der Waals surface area contributed by atoms with Crippen LogP contribution in [0.2, 0.25) is 5.02 Å². The quantitative estimate of drug-likeness (QED) is 0.854. The monoisotopic (exact) mass is 290 g/mol. The lowest BCUT2D eigenvalue weighted by Crippen LogP contribution is -2.05. The molecule has 0 aliphatic carbocycles. The maximum absolute atomic E-state index is 6.06. The molecule has 1 aromatic heterocycles. The number of hydrogen-bond donors (Lipinski definition) is 1. The number of halogens is 1. The van der Waals surface area contributed by atoms with Gasteiger partial charge in [-0.3, -0.25) is 4.98 Å². The molecular formula is C16H19ClN2O. The second kappa shape index (κ2) is 7.15. The fourth-order valence-electron chi connectivity index (χ4n) is 1.85. The Morgan fingerprint density at radius 3 is 2.90 bits per heavy atom. The van der Waals surface area contributed by atoms with E-state index in [1.165, 1.54) is 5.56 Å². The number of hydrogen-bond acceptors (Lipinski definition) is 3. The van der Waals surface area contributed by atoms with Crippen molar-refractivity contribution in [3.05, 3.63) is 52.8 Å². The standard InChI is InChI=1S/C16H19ClN2O/c1-3-8-20-16-5-4-14(17)9-15(16)19-11-13-10-18-7-6-12(13)2/h4-7,9-10,19H,3,8,11H2,1-2H3. The maximum atomic E-state index is 6.06. The van der Waals surface area contributed by atoms with E-state index in [1.807, 2.05) is 30.5 Å². The fourth-order valence-corrected chi connectivity index (χ4v) is 2.02. The van der Waals surface area contributed by atoms with E-state index in [4.69, 9.17) is 16.3 Å². The summed E-state index contributed by atoms with van der Waals surface area (Å²) < 4.78 is 5.72. The summed E-state index contributed by atoms with van der Waals surface area (Å²) in [6.45, 7) is 5.55. The Kier molecular flexibility index (Phi) is 5.24. The Labute approximate surface area is 124 Å². The van der Waals surface area contributed by atoms with E-state index in [9.17, 15) is 0 Å². The molecule has 1 aromatic carbocycles. The smallest absolute Gasteiger partial charge is 0.142 e. The van der Waals surface area contributed by atoms with Crippen molar-refractivity contribution in [1.29, 1.82) is 0 Å². The number of benzene rings is 1. The molecule has 0 radical (unpaired) electrons. The number of nitrogens with one attached hydrogen (secondary N) is 1. The van der Waals surface area contributed by atoms with Crippen LogP contribution in [0.3, 0.4) is 0 Å². The summed E-state index contributed by atoms with van der Waals surface area (Å²) >= 11 is 6.06. The summed E-state index contributed by atoms with van der Waals surface area (Å²) in [6.07, 6.45) is 4.65.